The van der Waals surface area contributed by atoms with Gasteiger partial charge in [0.25, 0.3) is 0 Å². The van der Waals surface area contributed by atoms with E-state index in [1.165, 1.54) is 11.6 Å². The average molecular weight is 370 g/mol. The maximum Gasteiger partial charge on any atom is 0.317 e. The molecule has 0 radical (unpaired) electrons. The van der Waals surface area contributed by atoms with Crippen molar-refractivity contribution in [2.24, 2.45) is 0 Å². The summed E-state index contributed by atoms with van der Waals surface area (Å²) in [5, 5.41) is 9.30. The molecule has 0 aliphatic carbocycles. The van der Waals surface area contributed by atoms with Crippen LogP contribution in [0.2, 0.25) is 0 Å². The van der Waals surface area contributed by atoms with Gasteiger partial charge in [-0.05, 0) is 56.0 Å². The number of halogens is 1. The van der Waals surface area contributed by atoms with Crippen LogP contribution in [0.25, 0.3) is 0 Å². The van der Waals surface area contributed by atoms with Crippen LogP contribution < -0.4 is 4.90 Å². The maximum atomic E-state index is 13.4. The summed E-state index contributed by atoms with van der Waals surface area (Å²) in [5.41, 5.74) is 2.19. The van der Waals surface area contributed by atoms with E-state index >= 15 is 0 Å². The first-order chi connectivity index (χ1) is 13.1. The molecule has 0 unspecified atom stereocenters. The van der Waals surface area contributed by atoms with E-state index in [9.17, 15) is 14.3 Å². The monoisotopic (exact) mass is 370 g/mol. The third-order valence-corrected chi connectivity index (χ3v) is 5.25. The Hall–Kier alpha value is -2.40. The van der Waals surface area contributed by atoms with Crippen molar-refractivity contribution in [3.05, 3.63) is 66.0 Å². The highest BCUT2D eigenvalue weighted by atomic mass is 19.1. The molecule has 1 heterocycles. The second kappa shape index (κ2) is 9.51. The molecule has 1 saturated heterocycles. The zero-order valence-corrected chi connectivity index (χ0v) is 15.6. The average Bonchev–Trinajstić information content (AvgIpc) is 2.68. The van der Waals surface area contributed by atoms with E-state index in [-0.39, 0.29) is 18.4 Å². The minimum atomic E-state index is -0.776. The number of carboxylic acids is 1. The second-order valence-corrected chi connectivity index (χ2v) is 7.15. The number of benzene rings is 2. The Morgan fingerprint density at radius 2 is 1.85 bits per heavy atom. The van der Waals surface area contributed by atoms with Crippen LogP contribution in [0.1, 0.15) is 24.8 Å². The summed E-state index contributed by atoms with van der Waals surface area (Å²) in [6.07, 6.45) is 3.70. The fourth-order valence-electron chi connectivity index (χ4n) is 3.86. The largest absolute Gasteiger partial charge is 0.480 e. The lowest BCUT2D eigenvalue weighted by Gasteiger charge is -2.39. The van der Waals surface area contributed by atoms with Crippen molar-refractivity contribution < 1.29 is 14.3 Å². The van der Waals surface area contributed by atoms with Crippen LogP contribution in [0.5, 0.6) is 0 Å². The molecule has 0 spiro atoms. The Morgan fingerprint density at radius 1 is 1.11 bits per heavy atom. The van der Waals surface area contributed by atoms with Crippen molar-refractivity contribution >= 4 is 11.7 Å². The fraction of sp³-hybridized carbons (Fsp3) is 0.409. The standard InChI is InChI=1S/C22H27FN2O2/c23-19-9-4-10-21(16-19)24-14-11-20(12-15-24)25(17-22(26)27)13-5-8-18-6-2-1-3-7-18/h1-4,6-7,9-10,16,20H,5,8,11-15,17H2,(H,26,27). The first-order valence-electron chi connectivity index (χ1n) is 9.62. The highest BCUT2D eigenvalue weighted by Gasteiger charge is 2.26. The highest BCUT2D eigenvalue weighted by Crippen LogP contribution is 2.23. The number of anilines is 1. The van der Waals surface area contributed by atoms with E-state index in [4.69, 9.17) is 0 Å². The van der Waals surface area contributed by atoms with Gasteiger partial charge >= 0.3 is 5.97 Å². The molecule has 0 amide bonds. The number of aliphatic carboxylic acids is 1. The van der Waals surface area contributed by atoms with Crippen LogP contribution in [0.15, 0.2) is 54.6 Å². The van der Waals surface area contributed by atoms with E-state index < -0.39 is 5.97 Å². The molecule has 1 N–H and O–H groups in total. The summed E-state index contributed by atoms with van der Waals surface area (Å²) >= 11 is 0. The minimum Gasteiger partial charge on any atom is -0.480 e. The summed E-state index contributed by atoms with van der Waals surface area (Å²) < 4.78 is 13.4. The molecular weight excluding hydrogens is 343 g/mol. The van der Waals surface area contributed by atoms with Crippen molar-refractivity contribution in [1.82, 2.24) is 4.90 Å². The van der Waals surface area contributed by atoms with Crippen molar-refractivity contribution in [3.63, 3.8) is 0 Å². The Labute approximate surface area is 160 Å². The fourth-order valence-corrected chi connectivity index (χ4v) is 3.86. The summed E-state index contributed by atoms with van der Waals surface area (Å²) in [7, 11) is 0. The maximum absolute atomic E-state index is 13.4. The van der Waals surface area contributed by atoms with Gasteiger partial charge < -0.3 is 10.0 Å². The predicted molar refractivity (Wildman–Crippen MR) is 106 cm³/mol. The van der Waals surface area contributed by atoms with Crippen LogP contribution >= 0.6 is 0 Å². The molecule has 0 atom stereocenters. The Balaban J connectivity index is 1.53. The summed E-state index contributed by atoms with van der Waals surface area (Å²) in [6.45, 7) is 2.51. The zero-order chi connectivity index (χ0) is 19.1. The molecule has 3 rings (SSSR count). The highest BCUT2D eigenvalue weighted by molar-refractivity contribution is 5.69. The van der Waals surface area contributed by atoms with Gasteiger partial charge in [-0.3, -0.25) is 9.69 Å². The Bertz CT molecular complexity index is 730. The van der Waals surface area contributed by atoms with Crippen molar-refractivity contribution in [2.75, 3.05) is 31.1 Å². The molecule has 1 aliphatic rings. The van der Waals surface area contributed by atoms with Gasteiger partial charge in [0.1, 0.15) is 5.82 Å². The van der Waals surface area contributed by atoms with E-state index in [1.54, 1.807) is 12.1 Å². The van der Waals surface area contributed by atoms with E-state index in [1.807, 2.05) is 24.3 Å². The third kappa shape index (κ3) is 5.79. The molecule has 1 aliphatic heterocycles. The summed E-state index contributed by atoms with van der Waals surface area (Å²) in [4.78, 5) is 15.6. The van der Waals surface area contributed by atoms with Gasteiger partial charge in [-0.2, -0.15) is 0 Å². The van der Waals surface area contributed by atoms with E-state index in [0.29, 0.717) is 0 Å². The van der Waals surface area contributed by atoms with Gasteiger partial charge in [0.2, 0.25) is 0 Å². The molecule has 0 bridgehead atoms. The summed E-state index contributed by atoms with van der Waals surface area (Å²) in [5.74, 6) is -0.995. The molecule has 1 fully saturated rings. The second-order valence-electron chi connectivity index (χ2n) is 7.15. The Morgan fingerprint density at radius 3 is 2.52 bits per heavy atom. The topological polar surface area (TPSA) is 43.8 Å². The van der Waals surface area contributed by atoms with E-state index in [0.717, 1.165) is 51.0 Å². The van der Waals surface area contributed by atoms with Crippen LogP contribution in [0.3, 0.4) is 0 Å². The van der Waals surface area contributed by atoms with Crippen LogP contribution in [0.4, 0.5) is 10.1 Å². The molecule has 27 heavy (non-hydrogen) atoms. The SMILES string of the molecule is O=C(O)CN(CCCc1ccccc1)C1CCN(c2cccc(F)c2)CC1. The first kappa shape index (κ1) is 19.4. The molecule has 5 heteroatoms. The lowest BCUT2D eigenvalue weighted by atomic mass is 10.0. The molecule has 0 saturated carbocycles. The molecule has 2 aromatic carbocycles. The Kier molecular flexibility index (Phi) is 6.82. The minimum absolute atomic E-state index is 0.0828. The quantitative estimate of drug-likeness (QED) is 0.767. The van der Waals surface area contributed by atoms with Gasteiger partial charge in [-0.1, -0.05) is 36.4 Å². The third-order valence-electron chi connectivity index (χ3n) is 5.25. The number of carboxylic acid groups (broad SMARTS) is 1. The van der Waals surface area contributed by atoms with Crippen LogP contribution in [-0.4, -0.2) is 48.2 Å². The van der Waals surface area contributed by atoms with Gasteiger partial charge in [0, 0.05) is 24.8 Å². The molecular formula is C22H27FN2O2. The number of nitrogens with zero attached hydrogens (tertiary/aromatic N) is 2. The number of hydrogen-bond acceptors (Lipinski definition) is 3. The van der Waals surface area contributed by atoms with Crippen molar-refractivity contribution in [2.45, 2.75) is 31.7 Å². The van der Waals surface area contributed by atoms with Gasteiger partial charge in [-0.15, -0.1) is 0 Å². The smallest absolute Gasteiger partial charge is 0.317 e. The van der Waals surface area contributed by atoms with Crippen molar-refractivity contribution in [3.8, 4) is 0 Å². The lowest BCUT2D eigenvalue weighted by Crippen LogP contribution is -2.47. The number of aryl methyl sites for hydroxylation is 1. The van der Waals surface area contributed by atoms with Gasteiger partial charge in [0.15, 0.2) is 0 Å². The molecule has 144 valence electrons. The van der Waals surface area contributed by atoms with Crippen LogP contribution in [-0.2, 0) is 11.2 Å². The van der Waals surface area contributed by atoms with Gasteiger partial charge in [0.05, 0.1) is 6.54 Å². The molecule has 4 nitrogen and oxygen atoms in total. The number of rotatable bonds is 8. The molecule has 0 aromatic heterocycles. The number of carbonyl (C=O) groups is 1. The van der Waals surface area contributed by atoms with Crippen LogP contribution in [0, 0.1) is 5.82 Å². The zero-order valence-electron chi connectivity index (χ0n) is 15.6. The predicted octanol–water partition coefficient (Wildman–Crippen LogP) is 3.81. The number of hydrogen-bond donors (Lipinski definition) is 1. The number of piperidine rings is 1. The summed E-state index contributed by atoms with van der Waals surface area (Å²) in [6, 6.07) is 17.2. The first-order valence-corrected chi connectivity index (χ1v) is 9.62. The van der Waals surface area contributed by atoms with Gasteiger partial charge in [-0.25, -0.2) is 4.39 Å². The molecule has 2 aromatic rings. The van der Waals surface area contributed by atoms with E-state index in [2.05, 4.69) is 21.9 Å². The van der Waals surface area contributed by atoms with Crippen molar-refractivity contribution in [1.29, 1.82) is 0 Å². The lowest BCUT2D eigenvalue weighted by molar-refractivity contribution is -0.139. The normalized spacial score (nSPS) is 15.3.